The molecule has 2 amide bonds. The number of hydrogen-bond donors (Lipinski definition) is 1. The molecule has 1 N–H and O–H groups in total. The standard InChI is InChI=1S/C38H19F8N5O6/c39-22-5-2-6-23(40)32(22)35(52)50-30-11-10-18(14-48-30)21-13-29-28(55-37(43,44)56-29)12-19(21)17-51(36(53)33-24(41)7-3-8-25(33)42)31-16-47-26(15-49-31)20-4-1-9-27-34(20)57-38(45,46)54-27/h1-16H,17H2,(H,48,50,52). The maximum atomic E-state index is 15.1. The van der Waals surface area contributed by atoms with Gasteiger partial charge in [-0.15, -0.1) is 17.6 Å². The van der Waals surface area contributed by atoms with E-state index in [2.05, 4.69) is 39.2 Å². The molecule has 57 heavy (non-hydrogen) atoms. The fourth-order valence-electron chi connectivity index (χ4n) is 5.99. The molecule has 19 heteroatoms. The van der Waals surface area contributed by atoms with Crippen LogP contribution in [0.5, 0.6) is 23.0 Å². The summed E-state index contributed by atoms with van der Waals surface area (Å²) in [5.74, 6) is -9.31. The fourth-order valence-corrected chi connectivity index (χ4v) is 5.99. The van der Waals surface area contributed by atoms with Crippen molar-refractivity contribution in [2.45, 2.75) is 19.1 Å². The van der Waals surface area contributed by atoms with Crippen molar-refractivity contribution < 1.29 is 63.7 Å². The van der Waals surface area contributed by atoms with E-state index in [1.807, 2.05) is 0 Å². The van der Waals surface area contributed by atoms with E-state index in [0.717, 1.165) is 72.0 Å². The van der Waals surface area contributed by atoms with Gasteiger partial charge in [0.25, 0.3) is 11.8 Å². The van der Waals surface area contributed by atoms with Crippen LogP contribution >= 0.6 is 0 Å². The maximum Gasteiger partial charge on any atom is 0.586 e. The van der Waals surface area contributed by atoms with Crippen molar-refractivity contribution in [2.75, 3.05) is 10.2 Å². The monoisotopic (exact) mass is 793 g/mol. The largest absolute Gasteiger partial charge is 0.586 e. The Bertz CT molecular complexity index is 2560. The first-order valence-electron chi connectivity index (χ1n) is 16.3. The number of amides is 2. The van der Waals surface area contributed by atoms with Gasteiger partial charge in [0.15, 0.2) is 28.8 Å². The van der Waals surface area contributed by atoms with Crippen molar-refractivity contribution in [1.82, 2.24) is 15.0 Å². The lowest BCUT2D eigenvalue weighted by Gasteiger charge is -2.24. The van der Waals surface area contributed by atoms with Gasteiger partial charge in [-0.2, -0.15) is 0 Å². The first-order valence-corrected chi connectivity index (χ1v) is 16.3. The first-order chi connectivity index (χ1) is 27.2. The summed E-state index contributed by atoms with van der Waals surface area (Å²) in [6.45, 7) is -0.660. The van der Waals surface area contributed by atoms with Gasteiger partial charge in [0.2, 0.25) is 0 Å². The number of ether oxygens (including phenoxy) is 4. The number of pyridine rings is 1. The van der Waals surface area contributed by atoms with Gasteiger partial charge in [-0.1, -0.05) is 18.2 Å². The Morgan fingerprint density at radius 1 is 0.632 bits per heavy atom. The van der Waals surface area contributed by atoms with Crippen molar-refractivity contribution in [3.8, 4) is 45.4 Å². The van der Waals surface area contributed by atoms with Crippen LogP contribution in [0.4, 0.5) is 46.8 Å². The second-order valence-corrected chi connectivity index (χ2v) is 12.2. The summed E-state index contributed by atoms with van der Waals surface area (Å²) in [7, 11) is 0. The topological polar surface area (TPSA) is 125 Å². The van der Waals surface area contributed by atoms with Gasteiger partial charge in [0.05, 0.1) is 24.6 Å². The summed E-state index contributed by atoms with van der Waals surface area (Å²) in [6.07, 6.45) is -4.85. The molecule has 2 aromatic heterocycles. The Morgan fingerprint density at radius 3 is 1.88 bits per heavy atom. The zero-order valence-corrected chi connectivity index (χ0v) is 28.2. The Morgan fingerprint density at radius 2 is 1.25 bits per heavy atom. The molecule has 11 nitrogen and oxygen atoms in total. The predicted octanol–water partition coefficient (Wildman–Crippen LogP) is 8.50. The molecule has 0 unspecified atom stereocenters. The number of hydrogen-bond acceptors (Lipinski definition) is 9. The fraction of sp³-hybridized carbons (Fsp3) is 0.0789. The summed E-state index contributed by atoms with van der Waals surface area (Å²) in [6, 6.07) is 14.3. The van der Waals surface area contributed by atoms with Crippen LogP contribution in [0.2, 0.25) is 0 Å². The van der Waals surface area contributed by atoms with Crippen LogP contribution in [0.3, 0.4) is 0 Å². The molecule has 0 radical (unpaired) electrons. The Balaban J connectivity index is 1.18. The van der Waals surface area contributed by atoms with Crippen molar-refractivity contribution in [3.05, 3.63) is 137 Å². The Labute approximate surface area is 314 Å². The van der Waals surface area contributed by atoms with Crippen LogP contribution in [-0.4, -0.2) is 39.4 Å². The van der Waals surface area contributed by atoms with Crippen molar-refractivity contribution in [1.29, 1.82) is 0 Å². The van der Waals surface area contributed by atoms with Gasteiger partial charge >= 0.3 is 12.6 Å². The van der Waals surface area contributed by atoms with Gasteiger partial charge in [-0.05, 0) is 71.8 Å². The van der Waals surface area contributed by atoms with Crippen molar-refractivity contribution in [2.24, 2.45) is 0 Å². The summed E-state index contributed by atoms with van der Waals surface area (Å²) in [5, 5.41) is 2.25. The van der Waals surface area contributed by atoms with E-state index in [9.17, 15) is 35.9 Å². The van der Waals surface area contributed by atoms with Gasteiger partial charge < -0.3 is 24.3 Å². The Kier molecular flexibility index (Phi) is 8.85. The molecule has 2 aliphatic heterocycles. The minimum absolute atomic E-state index is 0.00769. The molecule has 0 aliphatic carbocycles. The van der Waals surface area contributed by atoms with Crippen molar-refractivity contribution >= 4 is 23.5 Å². The molecule has 0 saturated heterocycles. The zero-order valence-electron chi connectivity index (χ0n) is 28.2. The first kappa shape index (κ1) is 36.7. The SMILES string of the molecule is O=C(Nc1ccc(-c2cc3c(cc2CN(C(=O)c2c(F)cccc2F)c2cnc(-c4cccc5c4OC(F)(F)O5)cn2)OC(F)(F)O3)cn1)c1c(F)cccc1F. The quantitative estimate of drug-likeness (QED) is 0.151. The zero-order chi connectivity index (χ0) is 40.2. The highest BCUT2D eigenvalue weighted by molar-refractivity contribution is 6.06. The highest BCUT2D eigenvalue weighted by Gasteiger charge is 2.45. The molecule has 0 spiro atoms. The molecule has 4 heterocycles. The van der Waals surface area contributed by atoms with Crippen LogP contribution in [0.1, 0.15) is 26.3 Å². The van der Waals surface area contributed by atoms with E-state index in [-0.39, 0.29) is 51.1 Å². The van der Waals surface area contributed by atoms with Crippen molar-refractivity contribution in [3.63, 3.8) is 0 Å². The highest BCUT2D eigenvalue weighted by atomic mass is 19.3. The number of carbonyl (C=O) groups excluding carboxylic acids is 2. The molecule has 2 aliphatic rings. The third kappa shape index (κ3) is 7.05. The number of aromatic nitrogens is 3. The number of carbonyl (C=O) groups is 2. The Hall–Kier alpha value is -7.31. The second-order valence-electron chi connectivity index (χ2n) is 12.2. The molecule has 0 fully saturated rings. The van der Waals surface area contributed by atoms with Crippen LogP contribution < -0.4 is 29.2 Å². The van der Waals surface area contributed by atoms with Crippen LogP contribution in [0.15, 0.2) is 97.5 Å². The number of anilines is 2. The van der Waals surface area contributed by atoms with E-state index in [4.69, 9.17) is 0 Å². The number of nitrogens with zero attached hydrogens (tertiary/aromatic N) is 4. The minimum Gasteiger partial charge on any atom is -0.395 e. The lowest BCUT2D eigenvalue weighted by Crippen LogP contribution is -2.33. The lowest BCUT2D eigenvalue weighted by molar-refractivity contribution is -0.287. The molecule has 4 aromatic carbocycles. The minimum atomic E-state index is -4.10. The van der Waals surface area contributed by atoms with Crippen LogP contribution in [-0.2, 0) is 6.54 Å². The van der Waals surface area contributed by atoms with Gasteiger partial charge in [-0.3, -0.25) is 19.5 Å². The maximum absolute atomic E-state index is 15.1. The average Bonchev–Trinajstić information content (AvgIpc) is 3.65. The molecular formula is C38H19F8N5O6. The molecule has 0 bridgehead atoms. The normalized spacial score (nSPS) is 14.3. The average molecular weight is 794 g/mol. The van der Waals surface area contributed by atoms with Gasteiger partial charge in [0, 0.05) is 17.3 Å². The number of alkyl halides is 4. The highest BCUT2D eigenvalue weighted by Crippen LogP contribution is 2.47. The van der Waals surface area contributed by atoms with E-state index in [1.165, 1.54) is 30.3 Å². The number of rotatable bonds is 8. The third-order valence-corrected chi connectivity index (χ3v) is 8.50. The number of benzene rings is 4. The third-order valence-electron chi connectivity index (χ3n) is 8.50. The summed E-state index contributed by atoms with van der Waals surface area (Å²) in [5.41, 5.74) is -1.72. The van der Waals surface area contributed by atoms with Gasteiger partial charge in [0.1, 0.15) is 40.2 Å². The van der Waals surface area contributed by atoms with E-state index >= 15 is 8.78 Å². The summed E-state index contributed by atoms with van der Waals surface area (Å²) < 4.78 is 133. The number of halogens is 8. The lowest BCUT2D eigenvalue weighted by atomic mass is 9.99. The number of para-hydroxylation sites is 1. The predicted molar refractivity (Wildman–Crippen MR) is 181 cm³/mol. The molecule has 288 valence electrons. The van der Waals surface area contributed by atoms with Crippen LogP contribution in [0.25, 0.3) is 22.4 Å². The molecule has 0 saturated carbocycles. The molecule has 6 aromatic rings. The van der Waals surface area contributed by atoms with Gasteiger partial charge in [-0.25, -0.2) is 27.5 Å². The molecule has 8 rings (SSSR count). The van der Waals surface area contributed by atoms with Crippen LogP contribution in [0, 0.1) is 23.3 Å². The van der Waals surface area contributed by atoms with E-state index < -0.39 is 76.8 Å². The molecule has 0 atom stereocenters. The van der Waals surface area contributed by atoms with E-state index in [1.54, 1.807) is 0 Å². The summed E-state index contributed by atoms with van der Waals surface area (Å²) in [4.78, 5) is 40.0. The number of nitrogens with one attached hydrogen (secondary N) is 1. The van der Waals surface area contributed by atoms with E-state index in [0.29, 0.717) is 0 Å². The second kappa shape index (κ2) is 13.8. The smallest absolute Gasteiger partial charge is 0.395 e. The number of fused-ring (bicyclic) bond motifs is 2. The summed E-state index contributed by atoms with van der Waals surface area (Å²) >= 11 is 0. The molecular weight excluding hydrogens is 774 g/mol.